The van der Waals surface area contributed by atoms with E-state index in [0.29, 0.717) is 17.7 Å². The topological polar surface area (TPSA) is 215 Å². The third-order valence-corrected chi connectivity index (χ3v) is 8.04. The highest BCUT2D eigenvalue weighted by Crippen LogP contribution is 2.41. The van der Waals surface area contributed by atoms with Crippen molar-refractivity contribution in [3.63, 3.8) is 0 Å². The second kappa shape index (κ2) is 14.6. The Morgan fingerprint density at radius 3 is 2.55 bits per heavy atom. The largest absolute Gasteiger partial charge is 0.426 e. The van der Waals surface area contributed by atoms with Crippen LogP contribution >= 0.6 is 23.1 Å². The van der Waals surface area contributed by atoms with Crippen LogP contribution in [0.3, 0.4) is 0 Å². The van der Waals surface area contributed by atoms with Crippen LogP contribution in [-0.2, 0) is 33.5 Å². The molecule has 2 aromatic rings. The Labute approximate surface area is 259 Å². The molecular formula is C27H28N6O9S2. The van der Waals surface area contributed by atoms with Crippen LogP contribution in [0.1, 0.15) is 29.4 Å². The molecule has 2 aliphatic heterocycles. The van der Waals surface area contributed by atoms with Crippen LogP contribution in [0.5, 0.6) is 5.75 Å². The summed E-state index contributed by atoms with van der Waals surface area (Å²) in [5, 5.41) is 7.50. The van der Waals surface area contributed by atoms with Gasteiger partial charge in [-0.25, -0.2) is 14.6 Å². The maximum atomic E-state index is 13.3. The standard InChI is InChI=1S/C27H28N6O9S2/c1-3-4-5-15-11-43-24-20(31-22(35)19(32-39-2)17-12-44-27(29)30-17)23(36)33(24)21(15)26(38)41-13-40-25(37)14-6-8-16(9-7-14)42-18(34)10-28/h4-9,12,20,24H,3,10-11,13,28H2,1-2H3,(H2,29,30)(H,31,35)/b5-4-,32-19-/t20-,24+/m1/s1. The number of esters is 3. The van der Waals surface area contributed by atoms with Crippen LogP contribution < -0.4 is 21.5 Å². The number of β-lactam (4-membered cyclic amide) rings is 1. The fraction of sp³-hybridized carbons (Fsp3) is 0.296. The summed E-state index contributed by atoms with van der Waals surface area (Å²) in [6, 6.07) is 4.52. The van der Waals surface area contributed by atoms with Gasteiger partial charge in [0, 0.05) is 11.1 Å². The van der Waals surface area contributed by atoms with Crippen LogP contribution in [0.25, 0.3) is 0 Å². The zero-order valence-corrected chi connectivity index (χ0v) is 25.1. The van der Waals surface area contributed by atoms with E-state index in [1.165, 1.54) is 53.4 Å². The summed E-state index contributed by atoms with van der Waals surface area (Å²) in [6.45, 7) is 0.883. The summed E-state index contributed by atoms with van der Waals surface area (Å²) in [7, 11) is 1.26. The molecule has 0 unspecified atom stereocenters. The number of ether oxygens (including phenoxy) is 3. The molecule has 17 heteroatoms. The number of anilines is 1. The molecule has 2 atom stereocenters. The Balaban J connectivity index is 1.41. The minimum absolute atomic E-state index is 0.0193. The van der Waals surface area contributed by atoms with E-state index in [4.69, 9.17) is 30.5 Å². The number of thiazole rings is 1. The van der Waals surface area contributed by atoms with Crippen LogP contribution in [0, 0.1) is 0 Å². The van der Waals surface area contributed by atoms with E-state index >= 15 is 0 Å². The molecule has 1 saturated heterocycles. The fourth-order valence-corrected chi connectivity index (χ4v) is 5.91. The lowest BCUT2D eigenvalue weighted by molar-refractivity contribution is -0.157. The number of nitrogens with one attached hydrogen (secondary N) is 1. The number of aromatic nitrogens is 1. The van der Waals surface area contributed by atoms with Gasteiger partial charge in [0.1, 0.15) is 35.7 Å². The number of rotatable bonds is 12. The van der Waals surface area contributed by atoms with E-state index in [9.17, 15) is 24.0 Å². The highest BCUT2D eigenvalue weighted by Gasteiger charge is 2.54. The summed E-state index contributed by atoms with van der Waals surface area (Å²) in [5.74, 6) is -3.06. The molecule has 1 aromatic heterocycles. The predicted octanol–water partition coefficient (Wildman–Crippen LogP) is 0.918. The number of nitrogens with zero attached hydrogens (tertiary/aromatic N) is 3. The number of allylic oxidation sites excluding steroid dienone is 2. The van der Waals surface area contributed by atoms with Gasteiger partial charge < -0.3 is 35.8 Å². The zero-order valence-electron chi connectivity index (χ0n) is 23.5. The maximum absolute atomic E-state index is 13.3. The summed E-state index contributed by atoms with van der Waals surface area (Å²) in [4.78, 5) is 73.3. The Bertz CT molecular complexity index is 1540. The second-order valence-corrected chi connectivity index (χ2v) is 10.9. The van der Waals surface area contributed by atoms with E-state index in [1.54, 1.807) is 6.08 Å². The molecule has 3 heterocycles. The maximum Gasteiger partial charge on any atom is 0.358 e. The number of carbonyl (C=O) groups is 5. The Kier molecular flexibility index (Phi) is 10.7. The third-order valence-electron chi connectivity index (χ3n) is 6.06. The molecule has 44 heavy (non-hydrogen) atoms. The lowest BCUT2D eigenvalue weighted by atomic mass is 10.0. The van der Waals surface area contributed by atoms with Gasteiger partial charge in [-0.15, -0.1) is 23.1 Å². The first-order valence-electron chi connectivity index (χ1n) is 13.0. The number of amides is 2. The van der Waals surface area contributed by atoms with Crippen LogP contribution in [0.4, 0.5) is 5.13 Å². The van der Waals surface area contributed by atoms with Crippen LogP contribution in [0.2, 0.25) is 0 Å². The van der Waals surface area contributed by atoms with Gasteiger partial charge in [-0.05, 0) is 36.3 Å². The van der Waals surface area contributed by atoms with Gasteiger partial charge >= 0.3 is 17.9 Å². The lowest BCUT2D eigenvalue weighted by Gasteiger charge is -2.49. The molecule has 232 valence electrons. The van der Waals surface area contributed by atoms with Crippen molar-refractivity contribution in [3.05, 3.63) is 64.3 Å². The number of nitrogens with two attached hydrogens (primary N) is 2. The number of carbonyl (C=O) groups excluding carboxylic acids is 5. The Morgan fingerprint density at radius 1 is 1.18 bits per heavy atom. The average Bonchev–Trinajstić information content (AvgIpc) is 3.46. The SMILES string of the molecule is CC/C=C\C1=C(C(=O)OCOC(=O)c2ccc(OC(=O)CN)cc2)N2C(=O)[C@@H](NC(=O)/C(=N\OC)c3csc(N)n3)[C@@H]2SC1. The van der Waals surface area contributed by atoms with Crippen molar-refractivity contribution in [2.75, 3.05) is 31.9 Å². The quantitative estimate of drug-likeness (QED) is 0.0733. The third kappa shape index (κ3) is 7.24. The Hall–Kier alpha value is -4.74. The molecular weight excluding hydrogens is 616 g/mol. The van der Waals surface area contributed by atoms with E-state index in [0.717, 1.165) is 11.3 Å². The van der Waals surface area contributed by atoms with E-state index in [1.807, 2.05) is 13.0 Å². The molecule has 4 rings (SSSR count). The van der Waals surface area contributed by atoms with Gasteiger partial charge in [0.05, 0.1) is 12.1 Å². The van der Waals surface area contributed by atoms with E-state index in [-0.39, 0.29) is 40.1 Å². The molecule has 1 aromatic carbocycles. The van der Waals surface area contributed by atoms with Crippen LogP contribution in [0.15, 0.2) is 58.2 Å². The molecule has 15 nitrogen and oxygen atoms in total. The van der Waals surface area contributed by atoms with Gasteiger partial charge in [0.25, 0.3) is 11.8 Å². The number of hydrogen-bond acceptors (Lipinski definition) is 15. The molecule has 0 aliphatic carbocycles. The summed E-state index contributed by atoms with van der Waals surface area (Å²) in [5.41, 5.74) is 11.5. The van der Waals surface area contributed by atoms with Gasteiger partial charge in [-0.3, -0.25) is 19.3 Å². The fourth-order valence-electron chi connectivity index (χ4n) is 4.04. The predicted molar refractivity (Wildman–Crippen MR) is 159 cm³/mol. The summed E-state index contributed by atoms with van der Waals surface area (Å²) >= 11 is 2.46. The van der Waals surface area contributed by atoms with E-state index < -0.39 is 47.9 Å². The first kappa shape index (κ1) is 32.2. The van der Waals surface area contributed by atoms with Crippen LogP contribution in [-0.4, -0.2) is 82.9 Å². The van der Waals surface area contributed by atoms with Crippen molar-refractivity contribution in [2.45, 2.75) is 24.8 Å². The van der Waals surface area contributed by atoms with E-state index in [2.05, 4.69) is 15.5 Å². The molecule has 0 spiro atoms. The van der Waals surface area contributed by atoms with Crippen molar-refractivity contribution < 1.29 is 43.0 Å². The second-order valence-electron chi connectivity index (χ2n) is 8.92. The molecule has 2 aliphatic rings. The minimum atomic E-state index is -0.977. The smallest absolute Gasteiger partial charge is 0.358 e. The number of benzene rings is 1. The normalized spacial score (nSPS) is 17.9. The Morgan fingerprint density at radius 2 is 1.91 bits per heavy atom. The minimum Gasteiger partial charge on any atom is -0.426 e. The zero-order chi connectivity index (χ0) is 31.8. The number of fused-ring (bicyclic) bond motifs is 1. The highest BCUT2D eigenvalue weighted by molar-refractivity contribution is 8.00. The van der Waals surface area contributed by atoms with Crippen molar-refractivity contribution in [2.24, 2.45) is 10.9 Å². The molecule has 1 fully saturated rings. The number of nitrogen functional groups attached to an aromatic ring is 1. The number of thioether (sulfide) groups is 1. The molecule has 0 saturated carbocycles. The molecule has 0 radical (unpaired) electrons. The van der Waals surface area contributed by atoms with Crippen molar-refractivity contribution in [1.29, 1.82) is 0 Å². The number of oxime groups is 1. The number of hydrogen-bond donors (Lipinski definition) is 3. The van der Waals surface area contributed by atoms with Gasteiger partial charge in [-0.1, -0.05) is 24.2 Å². The van der Waals surface area contributed by atoms with Crippen molar-refractivity contribution in [3.8, 4) is 5.75 Å². The molecule has 5 N–H and O–H groups in total. The molecule has 2 amide bonds. The van der Waals surface area contributed by atoms with Crippen molar-refractivity contribution >= 4 is 63.7 Å². The summed E-state index contributed by atoms with van der Waals surface area (Å²) in [6.07, 6.45) is 4.23. The first-order chi connectivity index (χ1) is 21.2. The highest BCUT2D eigenvalue weighted by atomic mass is 32.2. The van der Waals surface area contributed by atoms with Gasteiger partial charge in [-0.2, -0.15) is 0 Å². The molecule has 0 bridgehead atoms. The van der Waals surface area contributed by atoms with Gasteiger partial charge in [0.15, 0.2) is 10.8 Å². The monoisotopic (exact) mass is 644 g/mol. The average molecular weight is 645 g/mol. The lowest BCUT2D eigenvalue weighted by Crippen LogP contribution is -2.71. The van der Waals surface area contributed by atoms with Gasteiger partial charge in [0.2, 0.25) is 6.79 Å². The summed E-state index contributed by atoms with van der Waals surface area (Å²) < 4.78 is 15.2. The first-order valence-corrected chi connectivity index (χ1v) is 14.9. The van der Waals surface area contributed by atoms with Crippen molar-refractivity contribution in [1.82, 2.24) is 15.2 Å².